The third-order valence-corrected chi connectivity index (χ3v) is 4.30. The quantitative estimate of drug-likeness (QED) is 0.811. The van der Waals surface area contributed by atoms with Crippen molar-refractivity contribution in [2.24, 2.45) is 7.05 Å². The number of nitrogens with zero attached hydrogens (tertiary/aromatic N) is 1. The molecule has 0 bridgehead atoms. The third-order valence-electron chi connectivity index (χ3n) is 4.30. The van der Waals surface area contributed by atoms with E-state index in [4.69, 9.17) is 0 Å². The molecule has 1 aromatic carbocycles. The first-order chi connectivity index (χ1) is 8.63. The van der Waals surface area contributed by atoms with Crippen molar-refractivity contribution in [3.8, 4) is 0 Å². The molecule has 0 aliphatic carbocycles. The molecule has 18 heavy (non-hydrogen) atoms. The first-order valence-electron chi connectivity index (χ1n) is 6.95. The minimum absolute atomic E-state index is 0.519. The Morgan fingerprint density at radius 2 is 2.11 bits per heavy atom. The lowest BCUT2D eigenvalue weighted by Crippen LogP contribution is -2.30. The van der Waals surface area contributed by atoms with Crippen LogP contribution in [0.1, 0.15) is 41.8 Å². The number of nitrogens with one attached hydrogen (secondary N) is 1. The molecule has 0 spiro atoms. The minimum Gasteiger partial charge on any atom is -0.346 e. The molecular formula is C16H22N2. The number of aryl methyl sites for hydroxylation is 3. The molecule has 1 unspecified atom stereocenters. The summed E-state index contributed by atoms with van der Waals surface area (Å²) in [6, 6.07) is 5.16. The lowest BCUT2D eigenvalue weighted by atomic mass is 9.95. The van der Waals surface area contributed by atoms with Gasteiger partial charge in [0.25, 0.3) is 0 Å². The van der Waals surface area contributed by atoms with Gasteiger partial charge in [-0.1, -0.05) is 13.0 Å². The van der Waals surface area contributed by atoms with Crippen molar-refractivity contribution in [3.63, 3.8) is 0 Å². The van der Waals surface area contributed by atoms with Gasteiger partial charge in [0.15, 0.2) is 0 Å². The molecule has 0 saturated heterocycles. The van der Waals surface area contributed by atoms with Crippen LogP contribution in [0.5, 0.6) is 0 Å². The van der Waals surface area contributed by atoms with Crippen molar-refractivity contribution < 1.29 is 0 Å². The Kier molecular flexibility index (Phi) is 2.70. The second kappa shape index (κ2) is 4.13. The zero-order chi connectivity index (χ0) is 12.9. The molecule has 1 N–H and O–H groups in total. The zero-order valence-corrected chi connectivity index (χ0v) is 11.8. The number of aromatic nitrogens is 1. The fourth-order valence-corrected chi connectivity index (χ4v) is 3.57. The van der Waals surface area contributed by atoms with Crippen LogP contribution in [-0.4, -0.2) is 11.1 Å². The number of benzene rings is 1. The number of rotatable bonds is 1. The topological polar surface area (TPSA) is 17.0 Å². The van der Waals surface area contributed by atoms with E-state index in [1.165, 1.54) is 27.7 Å². The van der Waals surface area contributed by atoms with Gasteiger partial charge in [-0.15, -0.1) is 0 Å². The summed E-state index contributed by atoms with van der Waals surface area (Å²) in [6.45, 7) is 7.81. The Morgan fingerprint density at radius 1 is 1.33 bits per heavy atom. The normalized spacial score (nSPS) is 19.2. The molecule has 0 radical (unpaired) electrons. The van der Waals surface area contributed by atoms with Crippen molar-refractivity contribution in [1.82, 2.24) is 9.88 Å². The van der Waals surface area contributed by atoms with E-state index in [0.29, 0.717) is 6.04 Å². The molecule has 3 rings (SSSR count). The molecule has 2 heterocycles. The Labute approximate surface area is 109 Å². The fraction of sp³-hybridized carbons (Fsp3) is 0.500. The predicted molar refractivity (Wildman–Crippen MR) is 77.1 cm³/mol. The van der Waals surface area contributed by atoms with Crippen LogP contribution < -0.4 is 5.32 Å². The average molecular weight is 242 g/mol. The molecule has 1 aliphatic heterocycles. The number of hydrogen-bond donors (Lipinski definition) is 1. The molecule has 0 fully saturated rings. The number of hydrogen-bond acceptors (Lipinski definition) is 1. The van der Waals surface area contributed by atoms with Gasteiger partial charge in [-0.3, -0.25) is 0 Å². The number of fused-ring (bicyclic) bond motifs is 3. The second-order valence-electron chi connectivity index (χ2n) is 5.56. The maximum atomic E-state index is 3.64. The van der Waals surface area contributed by atoms with Gasteiger partial charge in [-0.25, -0.2) is 0 Å². The van der Waals surface area contributed by atoms with Crippen LogP contribution in [-0.2, 0) is 13.5 Å². The van der Waals surface area contributed by atoms with Crippen LogP contribution in [0, 0.1) is 13.8 Å². The van der Waals surface area contributed by atoms with Gasteiger partial charge in [0.1, 0.15) is 0 Å². The summed E-state index contributed by atoms with van der Waals surface area (Å²) in [4.78, 5) is 0. The molecule has 2 nitrogen and oxygen atoms in total. The highest BCUT2D eigenvalue weighted by molar-refractivity contribution is 5.89. The highest BCUT2D eigenvalue weighted by Gasteiger charge is 2.25. The van der Waals surface area contributed by atoms with Crippen LogP contribution in [0.25, 0.3) is 10.9 Å². The highest BCUT2D eigenvalue weighted by atomic mass is 15.0. The van der Waals surface area contributed by atoms with E-state index in [-0.39, 0.29) is 0 Å². The minimum atomic E-state index is 0.519. The summed E-state index contributed by atoms with van der Waals surface area (Å²) in [5, 5.41) is 5.14. The van der Waals surface area contributed by atoms with Gasteiger partial charge >= 0.3 is 0 Å². The molecule has 1 aromatic heterocycles. The SMILES string of the molecule is CCC1NCCc2c1n(C)c1cc(C)cc(C)c21. The molecule has 0 amide bonds. The maximum absolute atomic E-state index is 3.64. The molecule has 96 valence electrons. The van der Waals surface area contributed by atoms with Crippen LogP contribution in [0.4, 0.5) is 0 Å². The Hall–Kier alpha value is -1.28. The van der Waals surface area contributed by atoms with E-state index in [0.717, 1.165) is 19.4 Å². The van der Waals surface area contributed by atoms with E-state index in [9.17, 15) is 0 Å². The summed E-state index contributed by atoms with van der Waals surface area (Å²) in [7, 11) is 2.22. The van der Waals surface area contributed by atoms with E-state index < -0.39 is 0 Å². The van der Waals surface area contributed by atoms with Gasteiger partial charge in [-0.2, -0.15) is 0 Å². The van der Waals surface area contributed by atoms with Crippen LogP contribution >= 0.6 is 0 Å². The van der Waals surface area contributed by atoms with Gasteiger partial charge in [0.05, 0.1) is 0 Å². The Morgan fingerprint density at radius 3 is 2.83 bits per heavy atom. The van der Waals surface area contributed by atoms with Crippen LogP contribution in [0.3, 0.4) is 0 Å². The summed E-state index contributed by atoms with van der Waals surface area (Å²) in [5.41, 5.74) is 7.28. The summed E-state index contributed by atoms with van der Waals surface area (Å²) in [5.74, 6) is 0. The summed E-state index contributed by atoms with van der Waals surface area (Å²) in [6.07, 6.45) is 2.32. The molecule has 1 aliphatic rings. The summed E-state index contributed by atoms with van der Waals surface area (Å²) >= 11 is 0. The van der Waals surface area contributed by atoms with Crippen molar-refractivity contribution in [2.45, 2.75) is 39.7 Å². The van der Waals surface area contributed by atoms with Gasteiger partial charge in [0.2, 0.25) is 0 Å². The van der Waals surface area contributed by atoms with E-state index in [2.05, 4.69) is 49.8 Å². The van der Waals surface area contributed by atoms with Crippen molar-refractivity contribution in [3.05, 3.63) is 34.5 Å². The fourth-order valence-electron chi connectivity index (χ4n) is 3.57. The Balaban J connectivity index is 2.38. The molecule has 2 aromatic rings. The smallest absolute Gasteiger partial charge is 0.0488 e. The second-order valence-corrected chi connectivity index (χ2v) is 5.56. The molecule has 0 saturated carbocycles. The van der Waals surface area contributed by atoms with Gasteiger partial charge in [0, 0.05) is 29.7 Å². The first kappa shape index (κ1) is 11.8. The maximum Gasteiger partial charge on any atom is 0.0488 e. The molecule has 2 heteroatoms. The van der Waals surface area contributed by atoms with Crippen molar-refractivity contribution in [1.29, 1.82) is 0 Å². The Bertz CT molecular complexity index is 607. The summed E-state index contributed by atoms with van der Waals surface area (Å²) < 4.78 is 2.41. The first-order valence-corrected chi connectivity index (χ1v) is 6.95. The zero-order valence-electron chi connectivity index (χ0n) is 11.8. The van der Waals surface area contributed by atoms with Crippen LogP contribution in [0.15, 0.2) is 12.1 Å². The van der Waals surface area contributed by atoms with Crippen LogP contribution in [0.2, 0.25) is 0 Å². The van der Waals surface area contributed by atoms with Crippen molar-refractivity contribution in [2.75, 3.05) is 6.54 Å². The average Bonchev–Trinajstić information content (AvgIpc) is 2.63. The van der Waals surface area contributed by atoms with Gasteiger partial charge in [-0.05, 0) is 56.0 Å². The molecule has 1 atom stereocenters. The third kappa shape index (κ3) is 1.52. The predicted octanol–water partition coefficient (Wildman–Crippen LogP) is 3.39. The van der Waals surface area contributed by atoms with E-state index in [1.807, 2.05) is 0 Å². The van der Waals surface area contributed by atoms with E-state index in [1.54, 1.807) is 5.56 Å². The van der Waals surface area contributed by atoms with Gasteiger partial charge < -0.3 is 9.88 Å². The van der Waals surface area contributed by atoms with Crippen molar-refractivity contribution >= 4 is 10.9 Å². The highest BCUT2D eigenvalue weighted by Crippen LogP contribution is 2.35. The molecular weight excluding hydrogens is 220 g/mol. The lowest BCUT2D eigenvalue weighted by molar-refractivity contribution is 0.471. The lowest BCUT2D eigenvalue weighted by Gasteiger charge is -2.25. The standard InChI is InChI=1S/C16H22N2/c1-5-13-16-12(6-7-17-13)15-11(3)8-10(2)9-14(15)18(16)4/h8-9,13,17H,5-7H2,1-4H3. The van der Waals surface area contributed by atoms with E-state index >= 15 is 0 Å². The monoisotopic (exact) mass is 242 g/mol. The largest absolute Gasteiger partial charge is 0.346 e.